The Kier molecular flexibility index (Phi) is 2.38. The minimum absolute atomic E-state index is 0.522. The molecule has 78 valence electrons. The van der Waals surface area contributed by atoms with E-state index < -0.39 is 0 Å². The van der Waals surface area contributed by atoms with Crippen LogP contribution in [0.5, 0.6) is 0 Å². The summed E-state index contributed by atoms with van der Waals surface area (Å²) in [5.74, 6) is 3.13. The molecule has 1 heterocycles. The number of nitrogens with zero attached hydrogens (tertiary/aromatic N) is 1. The number of aromatic nitrogens is 2. The zero-order valence-electron chi connectivity index (χ0n) is 9.59. The Hall–Kier alpha value is -0.790. The first kappa shape index (κ1) is 9.75. The SMILES string of the molecule is CC(C)c1nc2c([nH]1)C(C(C)C)CC2. The van der Waals surface area contributed by atoms with E-state index in [0.29, 0.717) is 11.8 Å². The van der Waals surface area contributed by atoms with E-state index in [-0.39, 0.29) is 0 Å². The predicted molar refractivity (Wildman–Crippen MR) is 58.6 cm³/mol. The summed E-state index contributed by atoms with van der Waals surface area (Å²) in [4.78, 5) is 8.18. The molecular formula is C12H20N2. The van der Waals surface area contributed by atoms with Gasteiger partial charge in [0.05, 0.1) is 5.69 Å². The molecular weight excluding hydrogens is 172 g/mol. The van der Waals surface area contributed by atoms with Crippen LogP contribution in [0.25, 0.3) is 0 Å². The number of rotatable bonds is 2. The lowest BCUT2D eigenvalue weighted by Crippen LogP contribution is -2.03. The highest BCUT2D eigenvalue weighted by molar-refractivity contribution is 5.26. The minimum Gasteiger partial charge on any atom is -0.345 e. The van der Waals surface area contributed by atoms with Crippen LogP contribution >= 0.6 is 0 Å². The predicted octanol–water partition coefficient (Wildman–Crippen LogP) is 3.22. The van der Waals surface area contributed by atoms with Crippen LogP contribution in [0.4, 0.5) is 0 Å². The van der Waals surface area contributed by atoms with Crippen LogP contribution in [0.1, 0.15) is 63.2 Å². The quantitative estimate of drug-likeness (QED) is 0.765. The van der Waals surface area contributed by atoms with E-state index in [1.165, 1.54) is 30.1 Å². The molecule has 0 amide bonds. The average molecular weight is 192 g/mol. The fourth-order valence-corrected chi connectivity index (χ4v) is 2.32. The topological polar surface area (TPSA) is 28.7 Å². The van der Waals surface area contributed by atoms with Crippen LogP contribution in [0.3, 0.4) is 0 Å². The summed E-state index contributed by atoms with van der Waals surface area (Å²) in [5, 5.41) is 0. The van der Waals surface area contributed by atoms with Crippen molar-refractivity contribution < 1.29 is 0 Å². The van der Waals surface area contributed by atoms with E-state index in [0.717, 1.165) is 5.92 Å². The van der Waals surface area contributed by atoms with E-state index in [2.05, 4.69) is 37.7 Å². The molecule has 0 radical (unpaired) electrons. The number of nitrogens with one attached hydrogen (secondary N) is 1. The highest BCUT2D eigenvalue weighted by Crippen LogP contribution is 2.37. The smallest absolute Gasteiger partial charge is 0.109 e. The first-order valence-electron chi connectivity index (χ1n) is 5.68. The van der Waals surface area contributed by atoms with Crippen molar-refractivity contribution in [2.45, 2.75) is 52.4 Å². The van der Waals surface area contributed by atoms with Crippen molar-refractivity contribution in [2.24, 2.45) is 5.92 Å². The second-order valence-corrected chi connectivity index (χ2v) is 5.03. The number of H-pyrrole nitrogens is 1. The van der Waals surface area contributed by atoms with Gasteiger partial charge in [0.15, 0.2) is 0 Å². The van der Waals surface area contributed by atoms with Gasteiger partial charge >= 0.3 is 0 Å². The van der Waals surface area contributed by atoms with Crippen LogP contribution < -0.4 is 0 Å². The van der Waals surface area contributed by atoms with Crippen molar-refractivity contribution in [3.63, 3.8) is 0 Å². The molecule has 0 aliphatic heterocycles. The third kappa shape index (κ3) is 1.47. The molecule has 0 aromatic carbocycles. The van der Waals surface area contributed by atoms with Gasteiger partial charge in [-0.2, -0.15) is 0 Å². The average Bonchev–Trinajstić information content (AvgIpc) is 2.58. The Balaban J connectivity index is 2.30. The molecule has 1 aromatic heterocycles. The van der Waals surface area contributed by atoms with Gasteiger partial charge in [0.25, 0.3) is 0 Å². The van der Waals surface area contributed by atoms with Crippen molar-refractivity contribution in [2.75, 3.05) is 0 Å². The molecule has 1 aliphatic carbocycles. The van der Waals surface area contributed by atoms with E-state index in [1.807, 2.05) is 0 Å². The summed E-state index contributed by atoms with van der Waals surface area (Å²) in [5.41, 5.74) is 2.75. The summed E-state index contributed by atoms with van der Waals surface area (Å²) in [7, 11) is 0. The fourth-order valence-electron chi connectivity index (χ4n) is 2.32. The van der Waals surface area contributed by atoms with Crippen molar-refractivity contribution in [3.8, 4) is 0 Å². The first-order chi connectivity index (χ1) is 6.59. The number of fused-ring (bicyclic) bond motifs is 1. The van der Waals surface area contributed by atoms with Gasteiger partial charge in [0.1, 0.15) is 5.82 Å². The third-order valence-corrected chi connectivity index (χ3v) is 3.24. The van der Waals surface area contributed by atoms with Gasteiger partial charge in [-0.05, 0) is 18.8 Å². The van der Waals surface area contributed by atoms with Gasteiger partial charge in [-0.25, -0.2) is 4.98 Å². The maximum Gasteiger partial charge on any atom is 0.109 e. The molecule has 0 saturated heterocycles. The van der Waals surface area contributed by atoms with Crippen LogP contribution in [-0.2, 0) is 6.42 Å². The maximum atomic E-state index is 4.67. The van der Waals surface area contributed by atoms with Gasteiger partial charge < -0.3 is 4.98 Å². The van der Waals surface area contributed by atoms with Crippen LogP contribution in [0.2, 0.25) is 0 Å². The molecule has 1 aliphatic rings. The lowest BCUT2D eigenvalue weighted by molar-refractivity contribution is 0.485. The molecule has 0 saturated carbocycles. The highest BCUT2D eigenvalue weighted by atomic mass is 15.0. The summed E-state index contributed by atoms with van der Waals surface area (Å²) in [6.07, 6.45) is 2.45. The van der Waals surface area contributed by atoms with Crippen LogP contribution in [0.15, 0.2) is 0 Å². The normalized spacial score (nSPS) is 20.9. The van der Waals surface area contributed by atoms with Crippen molar-refractivity contribution in [1.29, 1.82) is 0 Å². The number of hydrogen-bond donors (Lipinski definition) is 1. The van der Waals surface area contributed by atoms with E-state index in [4.69, 9.17) is 0 Å². The van der Waals surface area contributed by atoms with Crippen molar-refractivity contribution in [3.05, 3.63) is 17.2 Å². The molecule has 1 unspecified atom stereocenters. The molecule has 2 heteroatoms. The second-order valence-electron chi connectivity index (χ2n) is 5.03. The molecule has 14 heavy (non-hydrogen) atoms. The second kappa shape index (κ2) is 3.41. The monoisotopic (exact) mass is 192 g/mol. The number of hydrogen-bond acceptors (Lipinski definition) is 1. The van der Waals surface area contributed by atoms with Crippen molar-refractivity contribution >= 4 is 0 Å². The first-order valence-corrected chi connectivity index (χ1v) is 5.68. The van der Waals surface area contributed by atoms with Gasteiger partial charge in [0, 0.05) is 17.5 Å². The molecule has 1 N–H and O–H groups in total. The van der Waals surface area contributed by atoms with Gasteiger partial charge in [-0.3, -0.25) is 0 Å². The Morgan fingerprint density at radius 2 is 2.00 bits per heavy atom. The molecule has 1 atom stereocenters. The molecule has 0 fully saturated rings. The summed E-state index contributed by atoms with van der Waals surface area (Å²) in [6.45, 7) is 8.99. The summed E-state index contributed by atoms with van der Waals surface area (Å²) in [6, 6.07) is 0. The van der Waals surface area contributed by atoms with Crippen LogP contribution in [0, 0.1) is 5.92 Å². The van der Waals surface area contributed by atoms with E-state index >= 15 is 0 Å². The number of aromatic amines is 1. The minimum atomic E-state index is 0.522. The number of aryl methyl sites for hydroxylation is 1. The van der Waals surface area contributed by atoms with E-state index in [9.17, 15) is 0 Å². The van der Waals surface area contributed by atoms with Gasteiger partial charge in [-0.15, -0.1) is 0 Å². The molecule has 0 bridgehead atoms. The molecule has 2 nitrogen and oxygen atoms in total. The van der Waals surface area contributed by atoms with Crippen LogP contribution in [-0.4, -0.2) is 9.97 Å². The maximum absolute atomic E-state index is 4.67. The lowest BCUT2D eigenvalue weighted by atomic mass is 9.94. The summed E-state index contributed by atoms with van der Waals surface area (Å²) >= 11 is 0. The number of imidazole rings is 1. The molecule has 0 spiro atoms. The Morgan fingerprint density at radius 3 is 2.57 bits per heavy atom. The zero-order valence-corrected chi connectivity index (χ0v) is 9.59. The largest absolute Gasteiger partial charge is 0.345 e. The lowest BCUT2D eigenvalue weighted by Gasteiger charge is -2.13. The highest BCUT2D eigenvalue weighted by Gasteiger charge is 2.28. The standard InChI is InChI=1S/C12H20N2/c1-7(2)9-5-6-10-11(9)14-12(13-10)8(3)4/h7-9H,5-6H2,1-4H3,(H,13,14). The Morgan fingerprint density at radius 1 is 1.29 bits per heavy atom. The Bertz CT molecular complexity index is 323. The molecule has 1 aromatic rings. The summed E-state index contributed by atoms with van der Waals surface area (Å²) < 4.78 is 0. The zero-order chi connectivity index (χ0) is 10.3. The fraction of sp³-hybridized carbons (Fsp3) is 0.750. The molecule has 2 rings (SSSR count). The van der Waals surface area contributed by atoms with Gasteiger partial charge in [-0.1, -0.05) is 27.7 Å². The third-order valence-electron chi connectivity index (χ3n) is 3.24. The Labute approximate surface area is 86.1 Å². The van der Waals surface area contributed by atoms with E-state index in [1.54, 1.807) is 0 Å². The van der Waals surface area contributed by atoms with Crippen molar-refractivity contribution in [1.82, 2.24) is 9.97 Å². The van der Waals surface area contributed by atoms with Gasteiger partial charge in [0.2, 0.25) is 0 Å².